The van der Waals surface area contributed by atoms with E-state index < -0.39 is 0 Å². The molecule has 0 heteroatoms. The molecule has 0 radical (unpaired) electrons. The van der Waals surface area contributed by atoms with Crippen LogP contribution in [0.15, 0.2) is 54.6 Å². The number of hydrogen-bond donors (Lipinski definition) is 0. The summed E-state index contributed by atoms with van der Waals surface area (Å²) in [5, 5.41) is 2.78. The summed E-state index contributed by atoms with van der Waals surface area (Å²) in [6.07, 6.45) is 2.32. The Morgan fingerprint density at radius 1 is 0.789 bits per heavy atom. The molecule has 0 N–H and O–H groups in total. The maximum atomic E-state index is 2.34. The van der Waals surface area contributed by atoms with Crippen molar-refractivity contribution in [2.45, 2.75) is 19.8 Å². The Labute approximate surface area is 113 Å². The minimum atomic E-state index is 1.16. The second-order valence-electron chi connectivity index (χ2n) is 5.47. The molecule has 4 rings (SSSR count). The van der Waals surface area contributed by atoms with Crippen molar-refractivity contribution in [2.75, 3.05) is 0 Å². The quantitative estimate of drug-likeness (QED) is 0.527. The van der Waals surface area contributed by atoms with Crippen LogP contribution in [0.5, 0.6) is 0 Å². The minimum Gasteiger partial charge on any atom is -0.0616 e. The van der Waals surface area contributed by atoms with E-state index in [4.69, 9.17) is 0 Å². The highest BCUT2D eigenvalue weighted by Crippen LogP contribution is 2.37. The lowest BCUT2D eigenvalue weighted by Gasteiger charge is -2.22. The molecule has 0 saturated heterocycles. The monoisotopic (exact) mass is 244 g/mol. The van der Waals surface area contributed by atoms with E-state index in [2.05, 4.69) is 61.5 Å². The van der Waals surface area contributed by atoms with Gasteiger partial charge in [0.15, 0.2) is 0 Å². The van der Waals surface area contributed by atoms with E-state index in [0.29, 0.717) is 0 Å². The Morgan fingerprint density at radius 2 is 1.68 bits per heavy atom. The van der Waals surface area contributed by atoms with Crippen molar-refractivity contribution in [3.05, 3.63) is 71.3 Å². The first-order valence-electron chi connectivity index (χ1n) is 6.93. The zero-order valence-corrected chi connectivity index (χ0v) is 11.1. The third-order valence-corrected chi connectivity index (χ3v) is 4.24. The Balaban J connectivity index is 2.07. The molecular weight excluding hydrogens is 228 g/mol. The molecule has 3 aromatic carbocycles. The lowest BCUT2D eigenvalue weighted by atomic mass is 9.82. The molecule has 19 heavy (non-hydrogen) atoms. The third kappa shape index (κ3) is 1.60. The van der Waals surface area contributed by atoms with Crippen molar-refractivity contribution < 1.29 is 0 Å². The van der Waals surface area contributed by atoms with Crippen molar-refractivity contribution in [1.82, 2.24) is 0 Å². The van der Waals surface area contributed by atoms with Gasteiger partial charge in [0.05, 0.1) is 0 Å². The molecule has 92 valence electrons. The van der Waals surface area contributed by atoms with E-state index in [0.717, 1.165) is 12.8 Å². The summed E-state index contributed by atoms with van der Waals surface area (Å²) in [5.41, 5.74) is 7.24. The zero-order chi connectivity index (χ0) is 12.8. The van der Waals surface area contributed by atoms with Gasteiger partial charge in [0.2, 0.25) is 0 Å². The van der Waals surface area contributed by atoms with E-state index in [1.54, 1.807) is 0 Å². The highest BCUT2D eigenvalue weighted by Gasteiger charge is 2.17. The van der Waals surface area contributed by atoms with Crippen LogP contribution in [0.25, 0.3) is 21.9 Å². The highest BCUT2D eigenvalue weighted by atomic mass is 14.2. The molecule has 0 spiro atoms. The first-order chi connectivity index (χ1) is 9.33. The van der Waals surface area contributed by atoms with Crippen molar-refractivity contribution in [3.63, 3.8) is 0 Å². The predicted octanol–water partition coefficient (Wildman–Crippen LogP) is 4.91. The van der Waals surface area contributed by atoms with Crippen LogP contribution in [0.3, 0.4) is 0 Å². The summed E-state index contributed by atoms with van der Waals surface area (Å²) in [6, 6.07) is 20.1. The maximum Gasteiger partial charge on any atom is -0.0143 e. The topological polar surface area (TPSA) is 0 Å². The van der Waals surface area contributed by atoms with E-state index >= 15 is 0 Å². The van der Waals surface area contributed by atoms with Gasteiger partial charge in [-0.15, -0.1) is 0 Å². The van der Waals surface area contributed by atoms with Gasteiger partial charge in [-0.05, 0) is 52.8 Å². The van der Waals surface area contributed by atoms with Crippen molar-refractivity contribution >= 4 is 10.8 Å². The number of aryl methyl sites for hydroxylation is 3. The largest absolute Gasteiger partial charge is 0.0616 e. The van der Waals surface area contributed by atoms with Crippen molar-refractivity contribution in [3.8, 4) is 11.1 Å². The fourth-order valence-electron chi connectivity index (χ4n) is 3.28. The average molecular weight is 244 g/mol. The second kappa shape index (κ2) is 3.96. The smallest absolute Gasteiger partial charge is 0.0143 e. The van der Waals surface area contributed by atoms with Gasteiger partial charge >= 0.3 is 0 Å². The normalized spacial score (nSPS) is 13.1. The molecule has 0 saturated carbocycles. The summed E-state index contributed by atoms with van der Waals surface area (Å²) >= 11 is 0. The molecule has 0 fully saturated rings. The fraction of sp³-hybridized carbons (Fsp3) is 0.158. The molecule has 0 bridgehead atoms. The van der Waals surface area contributed by atoms with Gasteiger partial charge in [-0.1, -0.05) is 60.2 Å². The summed E-state index contributed by atoms with van der Waals surface area (Å²) in [7, 11) is 0. The molecule has 1 aliphatic rings. The Morgan fingerprint density at radius 3 is 2.63 bits per heavy atom. The van der Waals surface area contributed by atoms with Gasteiger partial charge in [-0.25, -0.2) is 0 Å². The summed E-state index contributed by atoms with van der Waals surface area (Å²) < 4.78 is 0. The standard InChI is InChI=1S/C19H16/c1-13-6-7-15-9-10-17-16-5-3-2-4-14(16)8-11-18(17)19(15)12-13/h2-8,11-12H,9-10H2,1H3. The Bertz CT molecular complexity index is 781. The molecule has 0 heterocycles. The molecule has 0 unspecified atom stereocenters. The van der Waals surface area contributed by atoms with Crippen LogP contribution in [0.1, 0.15) is 16.7 Å². The molecule has 0 atom stereocenters. The summed E-state index contributed by atoms with van der Waals surface area (Å²) in [5.74, 6) is 0. The molecule has 0 nitrogen and oxygen atoms in total. The first-order valence-corrected chi connectivity index (χ1v) is 6.93. The number of benzene rings is 3. The van der Waals surface area contributed by atoms with Crippen molar-refractivity contribution in [1.29, 1.82) is 0 Å². The van der Waals surface area contributed by atoms with Gasteiger partial charge < -0.3 is 0 Å². The van der Waals surface area contributed by atoms with E-state index in [9.17, 15) is 0 Å². The lowest BCUT2D eigenvalue weighted by molar-refractivity contribution is 0.950. The van der Waals surface area contributed by atoms with Crippen LogP contribution < -0.4 is 0 Å². The van der Waals surface area contributed by atoms with Crippen LogP contribution >= 0.6 is 0 Å². The van der Waals surface area contributed by atoms with Crippen LogP contribution in [0, 0.1) is 6.92 Å². The second-order valence-corrected chi connectivity index (χ2v) is 5.47. The predicted molar refractivity (Wildman–Crippen MR) is 81.5 cm³/mol. The van der Waals surface area contributed by atoms with Gasteiger partial charge in [0.25, 0.3) is 0 Å². The summed E-state index contributed by atoms with van der Waals surface area (Å²) in [6.45, 7) is 2.18. The Kier molecular flexibility index (Phi) is 2.25. The van der Waals surface area contributed by atoms with Crippen molar-refractivity contribution in [2.24, 2.45) is 0 Å². The number of hydrogen-bond acceptors (Lipinski definition) is 0. The fourth-order valence-corrected chi connectivity index (χ4v) is 3.28. The molecular formula is C19H16. The van der Waals surface area contributed by atoms with Crippen LogP contribution in [0.2, 0.25) is 0 Å². The minimum absolute atomic E-state index is 1.16. The molecule has 0 aliphatic heterocycles. The third-order valence-electron chi connectivity index (χ3n) is 4.24. The van der Waals surface area contributed by atoms with E-state index in [-0.39, 0.29) is 0 Å². The molecule has 0 aromatic heterocycles. The van der Waals surface area contributed by atoms with Crippen LogP contribution in [-0.4, -0.2) is 0 Å². The Hall–Kier alpha value is -2.08. The maximum absolute atomic E-state index is 2.34. The van der Waals surface area contributed by atoms with Gasteiger partial charge in [0.1, 0.15) is 0 Å². The number of rotatable bonds is 0. The average Bonchev–Trinajstić information content (AvgIpc) is 2.46. The van der Waals surface area contributed by atoms with Crippen LogP contribution in [0.4, 0.5) is 0 Å². The van der Waals surface area contributed by atoms with Gasteiger partial charge in [-0.2, -0.15) is 0 Å². The SMILES string of the molecule is Cc1ccc2c(c1)-c1ccc3ccccc3c1CC2. The molecule has 3 aromatic rings. The van der Waals surface area contributed by atoms with Crippen LogP contribution in [-0.2, 0) is 12.8 Å². The molecule has 1 aliphatic carbocycles. The first kappa shape index (κ1) is 10.8. The summed E-state index contributed by atoms with van der Waals surface area (Å²) in [4.78, 5) is 0. The zero-order valence-electron chi connectivity index (χ0n) is 11.1. The van der Waals surface area contributed by atoms with E-state index in [1.165, 1.54) is 38.6 Å². The van der Waals surface area contributed by atoms with E-state index in [1.807, 2.05) is 0 Å². The lowest BCUT2D eigenvalue weighted by Crippen LogP contribution is -2.04. The number of fused-ring (bicyclic) bond motifs is 5. The molecule has 0 amide bonds. The van der Waals surface area contributed by atoms with Gasteiger partial charge in [-0.3, -0.25) is 0 Å². The van der Waals surface area contributed by atoms with Gasteiger partial charge in [0, 0.05) is 0 Å². The highest BCUT2D eigenvalue weighted by molar-refractivity contribution is 5.93.